The zero-order chi connectivity index (χ0) is 24.0. The lowest BCUT2D eigenvalue weighted by atomic mass is 10.1. The van der Waals surface area contributed by atoms with Crippen LogP contribution in [0.25, 0.3) is 0 Å². The zero-order valence-electron chi connectivity index (χ0n) is 17.3. The van der Waals surface area contributed by atoms with Gasteiger partial charge in [-0.2, -0.15) is 9.57 Å². The highest BCUT2D eigenvalue weighted by atomic mass is 35.5. The van der Waals surface area contributed by atoms with Crippen LogP contribution in [0.15, 0.2) is 52.3 Å². The fourth-order valence-corrected chi connectivity index (χ4v) is 7.51. The third-order valence-electron chi connectivity index (χ3n) is 5.72. The molecule has 2 N–H and O–H groups in total. The average Bonchev–Trinajstić information content (AvgIpc) is 3.52. The molecule has 0 spiro atoms. The second-order valence-electron chi connectivity index (χ2n) is 8.14. The van der Waals surface area contributed by atoms with E-state index in [0.29, 0.717) is 5.02 Å². The van der Waals surface area contributed by atoms with Crippen molar-refractivity contribution in [2.75, 3.05) is 19.7 Å². The molecule has 33 heavy (non-hydrogen) atoms. The number of hydrogen-bond acceptors (Lipinski definition) is 8. The number of sulfonamides is 1. The number of aliphatic hydroxyl groups is 2. The van der Waals surface area contributed by atoms with Crippen molar-refractivity contribution < 1.29 is 31.8 Å². The van der Waals surface area contributed by atoms with Gasteiger partial charge in [-0.15, -0.1) is 0 Å². The number of sulfone groups is 1. The number of benzene rings is 2. The molecular formula is C21H21ClN2O7S2. The predicted octanol–water partition coefficient (Wildman–Crippen LogP) is 1.32. The number of rotatable bonds is 7. The van der Waals surface area contributed by atoms with Crippen molar-refractivity contribution in [1.29, 1.82) is 5.26 Å². The Bertz CT molecular complexity index is 1320. The van der Waals surface area contributed by atoms with Gasteiger partial charge in [-0.3, -0.25) is 0 Å². The van der Waals surface area contributed by atoms with Crippen molar-refractivity contribution in [1.82, 2.24) is 4.31 Å². The van der Waals surface area contributed by atoms with E-state index < -0.39 is 50.4 Å². The van der Waals surface area contributed by atoms with Crippen molar-refractivity contribution in [3.8, 4) is 11.8 Å². The van der Waals surface area contributed by atoms with Crippen molar-refractivity contribution in [2.45, 2.75) is 39.6 Å². The van der Waals surface area contributed by atoms with Gasteiger partial charge in [0.15, 0.2) is 9.84 Å². The van der Waals surface area contributed by atoms with E-state index in [9.17, 15) is 27.0 Å². The van der Waals surface area contributed by atoms with E-state index >= 15 is 0 Å². The molecule has 1 unspecified atom stereocenters. The summed E-state index contributed by atoms with van der Waals surface area (Å²) in [5, 5.41) is 28.7. The summed E-state index contributed by atoms with van der Waals surface area (Å²) >= 11 is 5.83. The molecule has 9 nitrogen and oxygen atoms in total. The molecule has 1 aliphatic carbocycles. The van der Waals surface area contributed by atoms with Crippen LogP contribution in [-0.4, -0.2) is 68.0 Å². The van der Waals surface area contributed by atoms with Gasteiger partial charge in [0.25, 0.3) is 0 Å². The van der Waals surface area contributed by atoms with E-state index in [2.05, 4.69) is 0 Å². The van der Waals surface area contributed by atoms with Gasteiger partial charge in [0.1, 0.15) is 21.5 Å². The van der Waals surface area contributed by atoms with E-state index in [0.717, 1.165) is 17.1 Å². The third-order valence-corrected chi connectivity index (χ3v) is 10.1. The highest BCUT2D eigenvalue weighted by Gasteiger charge is 2.55. The van der Waals surface area contributed by atoms with Crippen LogP contribution >= 0.6 is 11.6 Å². The van der Waals surface area contributed by atoms with E-state index in [4.69, 9.17) is 21.6 Å². The molecular weight excluding hydrogens is 492 g/mol. The Hall–Kier alpha value is -2.20. The Morgan fingerprint density at radius 3 is 2.39 bits per heavy atom. The molecule has 2 aromatic rings. The first-order chi connectivity index (χ1) is 15.5. The molecule has 1 heterocycles. The van der Waals surface area contributed by atoms with Crippen LogP contribution in [0.3, 0.4) is 0 Å². The van der Waals surface area contributed by atoms with Crippen LogP contribution in [0, 0.1) is 11.3 Å². The molecule has 176 valence electrons. The lowest BCUT2D eigenvalue weighted by Crippen LogP contribution is -2.49. The molecule has 0 aromatic heterocycles. The Morgan fingerprint density at radius 1 is 1.15 bits per heavy atom. The van der Waals surface area contributed by atoms with Crippen molar-refractivity contribution in [3.63, 3.8) is 0 Å². The van der Waals surface area contributed by atoms with Crippen molar-refractivity contribution in [2.24, 2.45) is 0 Å². The second kappa shape index (κ2) is 8.54. The van der Waals surface area contributed by atoms with Crippen molar-refractivity contribution in [3.05, 3.63) is 53.1 Å². The zero-order valence-corrected chi connectivity index (χ0v) is 19.6. The SMILES string of the molecule is N#Cc1ccc(S(=O)(=O)N2CC(S(=O)(=O)c3ccc(Cl)cc3)[C@](O)(CO)C2)c(OC2CC2)c1. The maximum atomic E-state index is 13.5. The summed E-state index contributed by atoms with van der Waals surface area (Å²) in [6.07, 6.45) is 1.36. The average molecular weight is 513 g/mol. The number of ether oxygens (including phenoxy) is 1. The summed E-state index contributed by atoms with van der Waals surface area (Å²) in [5.41, 5.74) is -2.02. The van der Waals surface area contributed by atoms with Gasteiger partial charge in [-0.05, 0) is 55.3 Å². The fourth-order valence-electron chi connectivity index (χ4n) is 3.72. The quantitative estimate of drug-likeness (QED) is 0.565. The maximum Gasteiger partial charge on any atom is 0.246 e. The molecule has 1 aliphatic heterocycles. The first kappa shape index (κ1) is 23.9. The summed E-state index contributed by atoms with van der Waals surface area (Å²) in [4.78, 5) is -0.391. The lowest BCUT2D eigenvalue weighted by molar-refractivity contribution is 0.00159. The van der Waals surface area contributed by atoms with Crippen LogP contribution in [0.4, 0.5) is 0 Å². The maximum absolute atomic E-state index is 13.5. The number of aliphatic hydroxyl groups excluding tert-OH is 1. The van der Waals surface area contributed by atoms with Gasteiger partial charge in [-0.1, -0.05) is 11.6 Å². The van der Waals surface area contributed by atoms with Crippen LogP contribution in [0.2, 0.25) is 5.02 Å². The highest BCUT2D eigenvalue weighted by molar-refractivity contribution is 7.92. The van der Waals surface area contributed by atoms with Crippen LogP contribution in [0.5, 0.6) is 5.75 Å². The predicted molar refractivity (Wildman–Crippen MR) is 118 cm³/mol. The number of nitriles is 1. The van der Waals surface area contributed by atoms with Crippen molar-refractivity contribution >= 4 is 31.5 Å². The molecule has 2 aliphatic rings. The van der Waals surface area contributed by atoms with Gasteiger partial charge in [0.05, 0.1) is 29.2 Å². The number of halogens is 1. The van der Waals surface area contributed by atoms with Crippen LogP contribution < -0.4 is 4.74 Å². The van der Waals surface area contributed by atoms with Gasteiger partial charge in [0.2, 0.25) is 10.0 Å². The second-order valence-corrected chi connectivity index (χ2v) is 12.6. The molecule has 0 bridgehead atoms. The van der Waals surface area contributed by atoms with E-state index in [1.165, 1.54) is 42.5 Å². The highest BCUT2D eigenvalue weighted by Crippen LogP contribution is 2.38. The minimum atomic E-state index is -4.33. The fraction of sp³-hybridized carbons (Fsp3) is 0.381. The molecule has 1 saturated heterocycles. The van der Waals surface area contributed by atoms with Crippen LogP contribution in [0.1, 0.15) is 18.4 Å². The topological polar surface area (TPSA) is 145 Å². The summed E-state index contributed by atoms with van der Waals surface area (Å²) in [5.74, 6) is -0.00639. The minimum absolute atomic E-state index is 0.00639. The van der Waals surface area contributed by atoms with Gasteiger partial charge in [0, 0.05) is 18.1 Å². The first-order valence-electron chi connectivity index (χ1n) is 10.0. The number of hydrogen-bond donors (Lipinski definition) is 2. The molecule has 12 heteroatoms. The normalized spacial score (nSPS) is 23.9. The summed E-state index contributed by atoms with van der Waals surface area (Å²) < 4.78 is 59.9. The number of nitrogens with zero attached hydrogens (tertiary/aromatic N) is 2. The van der Waals surface area contributed by atoms with Gasteiger partial charge < -0.3 is 14.9 Å². The van der Waals surface area contributed by atoms with E-state index in [1.54, 1.807) is 0 Å². The van der Waals surface area contributed by atoms with Gasteiger partial charge >= 0.3 is 0 Å². The number of β-amino-alcohol motifs (C(OH)–C–C–N with tert-alkyl or cyclic N) is 1. The Morgan fingerprint density at radius 2 is 1.82 bits per heavy atom. The molecule has 2 atom stereocenters. The third kappa shape index (κ3) is 4.47. The minimum Gasteiger partial charge on any atom is -0.489 e. The van der Waals surface area contributed by atoms with E-state index in [-0.39, 0.29) is 27.2 Å². The molecule has 2 fully saturated rings. The smallest absolute Gasteiger partial charge is 0.246 e. The summed E-state index contributed by atoms with van der Waals surface area (Å²) in [7, 11) is -8.56. The monoisotopic (exact) mass is 512 g/mol. The van der Waals surface area contributed by atoms with E-state index in [1.807, 2.05) is 6.07 Å². The van der Waals surface area contributed by atoms with Gasteiger partial charge in [-0.25, -0.2) is 16.8 Å². The molecule has 1 saturated carbocycles. The summed E-state index contributed by atoms with van der Waals surface area (Å²) in [6.45, 7) is -2.17. The molecule has 4 rings (SSSR count). The molecule has 0 amide bonds. The largest absolute Gasteiger partial charge is 0.489 e. The molecule has 2 aromatic carbocycles. The lowest BCUT2D eigenvalue weighted by Gasteiger charge is -2.26. The molecule has 0 radical (unpaired) electrons. The first-order valence-corrected chi connectivity index (χ1v) is 13.4. The standard InChI is InChI=1S/C21H21ClN2O7S2/c22-15-2-6-17(7-3-15)32(27,28)20-11-24(12-21(20,26)13-25)33(29,30)19-8-1-14(10-23)9-18(19)31-16-4-5-16/h1-3,6-9,16,20,25-26H,4-5,11-13H2/t20?,21-/m1/s1. The van der Waals surface area contributed by atoms with Crippen LogP contribution in [-0.2, 0) is 19.9 Å². The Balaban J connectivity index is 1.72. The Kier molecular flexibility index (Phi) is 6.20. The summed E-state index contributed by atoms with van der Waals surface area (Å²) in [6, 6.07) is 11.1. The Labute approximate surface area is 196 Å².